The van der Waals surface area contributed by atoms with E-state index in [9.17, 15) is 0 Å². The van der Waals surface area contributed by atoms with Crippen molar-refractivity contribution in [2.24, 2.45) is 0 Å². The maximum atomic E-state index is 5.13. The normalized spacial score (nSPS) is 10.0. The van der Waals surface area contributed by atoms with Crippen LogP contribution in [0.3, 0.4) is 0 Å². The number of halogens is 1. The van der Waals surface area contributed by atoms with Gasteiger partial charge in [0, 0.05) is 6.54 Å². The Bertz CT molecular complexity index is 488. The largest absolute Gasteiger partial charge is 0.494 e. The Labute approximate surface area is 109 Å². The van der Waals surface area contributed by atoms with Gasteiger partial charge < -0.3 is 10.1 Å². The molecule has 0 saturated heterocycles. The standard InChI is InChI=1S/C13H13BrN2O/c1-17-11-7-8-12(16-13(11)14)15-9-10-5-3-2-4-6-10/h2-8H,9H2,1H3,(H,15,16). The average molecular weight is 293 g/mol. The highest BCUT2D eigenvalue weighted by Gasteiger charge is 2.02. The lowest BCUT2D eigenvalue weighted by molar-refractivity contribution is 0.410. The molecular weight excluding hydrogens is 280 g/mol. The predicted octanol–water partition coefficient (Wildman–Crippen LogP) is 3.46. The molecule has 0 aliphatic heterocycles. The number of ether oxygens (including phenoxy) is 1. The molecule has 0 aliphatic rings. The van der Waals surface area contributed by atoms with Gasteiger partial charge in [0.1, 0.15) is 10.4 Å². The maximum absolute atomic E-state index is 5.13. The van der Waals surface area contributed by atoms with Crippen LogP contribution in [0.4, 0.5) is 5.82 Å². The number of aromatic nitrogens is 1. The summed E-state index contributed by atoms with van der Waals surface area (Å²) in [6, 6.07) is 14.0. The van der Waals surface area contributed by atoms with Gasteiger partial charge in [0.05, 0.1) is 7.11 Å². The van der Waals surface area contributed by atoms with E-state index >= 15 is 0 Å². The Morgan fingerprint density at radius 1 is 1.18 bits per heavy atom. The number of rotatable bonds is 4. The van der Waals surface area contributed by atoms with Gasteiger partial charge in [-0.05, 0) is 33.6 Å². The lowest BCUT2D eigenvalue weighted by atomic mass is 10.2. The zero-order valence-corrected chi connectivity index (χ0v) is 11.1. The van der Waals surface area contributed by atoms with Crippen LogP contribution in [0.5, 0.6) is 5.75 Å². The van der Waals surface area contributed by atoms with Crippen LogP contribution < -0.4 is 10.1 Å². The first-order chi connectivity index (χ1) is 8.29. The summed E-state index contributed by atoms with van der Waals surface area (Å²) in [6.07, 6.45) is 0. The van der Waals surface area contributed by atoms with Crippen molar-refractivity contribution in [3.8, 4) is 5.75 Å². The zero-order valence-electron chi connectivity index (χ0n) is 9.48. The fourth-order valence-corrected chi connectivity index (χ4v) is 1.95. The number of nitrogens with one attached hydrogen (secondary N) is 1. The molecule has 1 heterocycles. The quantitative estimate of drug-likeness (QED) is 0.877. The van der Waals surface area contributed by atoms with Crippen LogP contribution in [0.25, 0.3) is 0 Å². The molecule has 2 aromatic rings. The maximum Gasteiger partial charge on any atom is 0.151 e. The second kappa shape index (κ2) is 5.68. The van der Waals surface area contributed by atoms with E-state index in [1.165, 1.54) is 5.56 Å². The number of methoxy groups -OCH3 is 1. The van der Waals surface area contributed by atoms with Gasteiger partial charge in [-0.25, -0.2) is 4.98 Å². The minimum atomic E-state index is 0.707. The summed E-state index contributed by atoms with van der Waals surface area (Å²) in [5, 5.41) is 3.26. The van der Waals surface area contributed by atoms with E-state index in [-0.39, 0.29) is 0 Å². The summed E-state index contributed by atoms with van der Waals surface area (Å²) >= 11 is 3.36. The summed E-state index contributed by atoms with van der Waals surface area (Å²) in [5.74, 6) is 1.55. The number of nitrogens with zero attached hydrogens (tertiary/aromatic N) is 1. The second-order valence-electron chi connectivity index (χ2n) is 3.53. The van der Waals surface area contributed by atoms with Crippen molar-refractivity contribution in [1.29, 1.82) is 0 Å². The Morgan fingerprint density at radius 3 is 2.59 bits per heavy atom. The summed E-state index contributed by atoms with van der Waals surface area (Å²) < 4.78 is 5.83. The Kier molecular flexibility index (Phi) is 3.98. The van der Waals surface area contributed by atoms with Crippen LogP contribution in [0.1, 0.15) is 5.56 Å². The molecule has 0 amide bonds. The number of pyridine rings is 1. The molecular formula is C13H13BrN2O. The van der Waals surface area contributed by atoms with Crippen molar-refractivity contribution in [1.82, 2.24) is 4.98 Å². The first kappa shape index (κ1) is 11.9. The molecule has 0 saturated carbocycles. The van der Waals surface area contributed by atoms with Gasteiger partial charge in [-0.3, -0.25) is 0 Å². The molecule has 0 radical (unpaired) electrons. The monoisotopic (exact) mass is 292 g/mol. The molecule has 88 valence electrons. The van der Waals surface area contributed by atoms with Gasteiger partial charge in [-0.1, -0.05) is 30.3 Å². The number of hydrogen-bond donors (Lipinski definition) is 1. The van der Waals surface area contributed by atoms with Crippen molar-refractivity contribution in [3.63, 3.8) is 0 Å². The van der Waals surface area contributed by atoms with Gasteiger partial charge in [0.15, 0.2) is 5.75 Å². The SMILES string of the molecule is COc1ccc(NCc2ccccc2)nc1Br. The lowest BCUT2D eigenvalue weighted by Crippen LogP contribution is -2.01. The van der Waals surface area contributed by atoms with Gasteiger partial charge in [-0.15, -0.1) is 0 Å². The van der Waals surface area contributed by atoms with Crippen molar-refractivity contribution in [3.05, 3.63) is 52.6 Å². The summed E-state index contributed by atoms with van der Waals surface area (Å²) in [5.41, 5.74) is 1.22. The summed E-state index contributed by atoms with van der Waals surface area (Å²) in [6.45, 7) is 0.757. The fraction of sp³-hybridized carbons (Fsp3) is 0.154. The topological polar surface area (TPSA) is 34.1 Å². The first-order valence-electron chi connectivity index (χ1n) is 5.28. The molecule has 0 unspecified atom stereocenters. The van der Waals surface area contributed by atoms with Crippen molar-refractivity contribution >= 4 is 21.7 Å². The molecule has 1 N–H and O–H groups in total. The highest BCUT2D eigenvalue weighted by Crippen LogP contribution is 2.24. The molecule has 0 bridgehead atoms. The molecule has 4 heteroatoms. The zero-order chi connectivity index (χ0) is 12.1. The van der Waals surface area contributed by atoms with E-state index in [2.05, 4.69) is 38.4 Å². The number of benzene rings is 1. The Hall–Kier alpha value is -1.55. The number of anilines is 1. The van der Waals surface area contributed by atoms with Crippen LogP contribution in [0.2, 0.25) is 0 Å². The molecule has 1 aromatic carbocycles. The molecule has 3 nitrogen and oxygen atoms in total. The van der Waals surface area contributed by atoms with Gasteiger partial charge in [-0.2, -0.15) is 0 Å². The van der Waals surface area contributed by atoms with Crippen LogP contribution in [0.15, 0.2) is 47.1 Å². The predicted molar refractivity (Wildman–Crippen MR) is 72.3 cm³/mol. The van der Waals surface area contributed by atoms with E-state index in [0.29, 0.717) is 4.60 Å². The van der Waals surface area contributed by atoms with E-state index < -0.39 is 0 Å². The molecule has 0 aliphatic carbocycles. The molecule has 1 aromatic heterocycles. The van der Waals surface area contributed by atoms with Crippen LogP contribution in [-0.2, 0) is 6.54 Å². The second-order valence-corrected chi connectivity index (χ2v) is 4.28. The van der Waals surface area contributed by atoms with Gasteiger partial charge >= 0.3 is 0 Å². The Balaban J connectivity index is 2.02. The van der Waals surface area contributed by atoms with E-state index in [4.69, 9.17) is 4.74 Å². The summed E-state index contributed by atoms with van der Waals surface area (Å²) in [4.78, 5) is 4.34. The highest BCUT2D eigenvalue weighted by molar-refractivity contribution is 9.10. The van der Waals surface area contributed by atoms with Crippen LogP contribution >= 0.6 is 15.9 Å². The van der Waals surface area contributed by atoms with Crippen molar-refractivity contribution < 1.29 is 4.74 Å². The molecule has 2 rings (SSSR count). The van der Waals surface area contributed by atoms with E-state index in [0.717, 1.165) is 18.1 Å². The van der Waals surface area contributed by atoms with Gasteiger partial charge in [0.25, 0.3) is 0 Å². The van der Waals surface area contributed by atoms with Crippen LogP contribution in [0, 0.1) is 0 Å². The third-order valence-corrected chi connectivity index (χ3v) is 2.92. The molecule has 0 atom stereocenters. The van der Waals surface area contributed by atoms with Crippen molar-refractivity contribution in [2.75, 3.05) is 12.4 Å². The summed E-state index contributed by atoms with van der Waals surface area (Å²) in [7, 11) is 1.62. The number of hydrogen-bond acceptors (Lipinski definition) is 3. The molecule has 0 spiro atoms. The van der Waals surface area contributed by atoms with Crippen LogP contribution in [-0.4, -0.2) is 12.1 Å². The third-order valence-electron chi connectivity index (χ3n) is 2.35. The highest BCUT2D eigenvalue weighted by atomic mass is 79.9. The molecule has 0 fully saturated rings. The molecule has 17 heavy (non-hydrogen) atoms. The van der Waals surface area contributed by atoms with E-state index in [1.807, 2.05) is 30.3 Å². The van der Waals surface area contributed by atoms with Gasteiger partial charge in [0.2, 0.25) is 0 Å². The fourth-order valence-electron chi connectivity index (χ4n) is 1.46. The average Bonchev–Trinajstić information content (AvgIpc) is 2.38. The third kappa shape index (κ3) is 3.20. The minimum Gasteiger partial charge on any atom is -0.494 e. The first-order valence-corrected chi connectivity index (χ1v) is 6.07. The Morgan fingerprint density at radius 2 is 1.94 bits per heavy atom. The smallest absolute Gasteiger partial charge is 0.151 e. The minimum absolute atomic E-state index is 0.707. The lowest BCUT2D eigenvalue weighted by Gasteiger charge is -2.08. The van der Waals surface area contributed by atoms with Crippen molar-refractivity contribution in [2.45, 2.75) is 6.54 Å². The van der Waals surface area contributed by atoms with E-state index in [1.54, 1.807) is 7.11 Å².